The van der Waals surface area contributed by atoms with Crippen molar-refractivity contribution in [3.63, 3.8) is 0 Å². The van der Waals surface area contributed by atoms with Crippen LogP contribution in [0.2, 0.25) is 0 Å². The van der Waals surface area contributed by atoms with E-state index in [1.807, 2.05) is 0 Å². The number of carboxylic acids is 2. The summed E-state index contributed by atoms with van der Waals surface area (Å²) in [5, 5.41) is 23.2. The molecule has 6 heteroatoms. The highest BCUT2D eigenvalue weighted by Gasteiger charge is 2.23. The molecule has 0 aromatic heterocycles. The number of hydrogen-bond acceptors (Lipinski definition) is 4. The molecule has 1 aliphatic heterocycles. The minimum atomic E-state index is -1.36. The Kier molecular flexibility index (Phi) is 1.67. The van der Waals surface area contributed by atoms with Gasteiger partial charge in [-0.25, -0.2) is 9.59 Å². The van der Waals surface area contributed by atoms with E-state index >= 15 is 0 Å². The maximum Gasteiger partial charge on any atom is 0.357 e. The van der Waals surface area contributed by atoms with Crippen LogP contribution in [-0.2, 0) is 9.59 Å². The summed E-state index contributed by atoms with van der Waals surface area (Å²) < 4.78 is 0. The van der Waals surface area contributed by atoms with E-state index in [-0.39, 0.29) is 12.1 Å². The molecule has 0 aliphatic carbocycles. The Labute approximate surface area is 60.9 Å². The summed E-state index contributed by atoms with van der Waals surface area (Å²) in [5.74, 6) is -2.64. The fourth-order valence-electron chi connectivity index (χ4n) is 0.653. The van der Waals surface area contributed by atoms with E-state index in [0.717, 1.165) is 0 Å². The minimum Gasteiger partial charge on any atom is -0.478 e. The molecule has 0 amide bonds. The molecular formula is C5H4N2O4. The third kappa shape index (κ3) is 1.23. The monoisotopic (exact) mass is 156 g/mol. The standard InChI is InChI=1S/C5H4N2O4/c8-4(9)2-1-6-7-3(2)5(10)11/h1H2,(H,8,9)(H,10,11). The predicted octanol–water partition coefficient (Wildman–Crippen LogP) is -0.124. The van der Waals surface area contributed by atoms with Crippen LogP contribution in [-0.4, -0.2) is 28.7 Å². The summed E-state index contributed by atoms with van der Waals surface area (Å²) in [4.78, 5) is 20.5. The quantitative estimate of drug-likeness (QED) is 0.581. The fourth-order valence-corrected chi connectivity index (χ4v) is 0.653. The summed E-state index contributed by atoms with van der Waals surface area (Å²) in [5.41, 5.74) is -0.741. The molecule has 0 aromatic carbocycles. The van der Waals surface area contributed by atoms with Gasteiger partial charge in [0, 0.05) is 0 Å². The van der Waals surface area contributed by atoms with Crippen LogP contribution in [0, 0.1) is 0 Å². The normalized spacial score (nSPS) is 15.6. The van der Waals surface area contributed by atoms with Gasteiger partial charge in [0.1, 0.15) is 0 Å². The van der Waals surface area contributed by atoms with Crippen molar-refractivity contribution in [3.8, 4) is 0 Å². The molecule has 0 atom stereocenters. The smallest absolute Gasteiger partial charge is 0.357 e. The highest BCUT2D eigenvalue weighted by atomic mass is 16.4. The fraction of sp³-hybridized carbons (Fsp3) is 0.200. The lowest BCUT2D eigenvalue weighted by molar-refractivity contribution is -0.135. The van der Waals surface area contributed by atoms with E-state index in [0.29, 0.717) is 0 Å². The minimum absolute atomic E-state index is 0.156. The van der Waals surface area contributed by atoms with E-state index in [9.17, 15) is 9.59 Å². The van der Waals surface area contributed by atoms with Crippen molar-refractivity contribution in [3.05, 3.63) is 11.3 Å². The Bertz CT molecular complexity index is 278. The number of nitrogens with zero attached hydrogens (tertiary/aromatic N) is 2. The predicted molar refractivity (Wildman–Crippen MR) is 32.0 cm³/mol. The Hall–Kier alpha value is -1.72. The first-order valence-corrected chi connectivity index (χ1v) is 2.70. The lowest BCUT2D eigenvalue weighted by Gasteiger charge is -1.91. The number of aliphatic carboxylic acids is 2. The second kappa shape index (κ2) is 2.49. The van der Waals surface area contributed by atoms with Gasteiger partial charge in [0.2, 0.25) is 0 Å². The van der Waals surface area contributed by atoms with Crippen LogP contribution < -0.4 is 0 Å². The van der Waals surface area contributed by atoms with Gasteiger partial charge in [0.25, 0.3) is 0 Å². The number of hydrogen-bond donors (Lipinski definition) is 2. The van der Waals surface area contributed by atoms with Gasteiger partial charge in [0.15, 0.2) is 5.70 Å². The maximum atomic E-state index is 10.3. The molecule has 0 saturated carbocycles. The van der Waals surface area contributed by atoms with Crippen molar-refractivity contribution in [1.82, 2.24) is 0 Å². The maximum absolute atomic E-state index is 10.3. The molecule has 6 nitrogen and oxygen atoms in total. The number of rotatable bonds is 2. The summed E-state index contributed by atoms with van der Waals surface area (Å²) in [6.45, 7) is -0.156. The van der Waals surface area contributed by atoms with Gasteiger partial charge in [0.05, 0.1) is 12.1 Å². The zero-order valence-electron chi connectivity index (χ0n) is 5.31. The lowest BCUT2D eigenvalue weighted by atomic mass is 10.2. The van der Waals surface area contributed by atoms with Crippen molar-refractivity contribution in [2.75, 3.05) is 6.54 Å². The largest absolute Gasteiger partial charge is 0.478 e. The molecule has 11 heavy (non-hydrogen) atoms. The van der Waals surface area contributed by atoms with E-state index in [1.165, 1.54) is 0 Å². The molecule has 0 saturated heterocycles. The third-order valence-corrected chi connectivity index (χ3v) is 1.15. The lowest BCUT2D eigenvalue weighted by Crippen LogP contribution is -2.08. The van der Waals surface area contributed by atoms with Gasteiger partial charge in [-0.3, -0.25) is 0 Å². The Morgan fingerprint density at radius 1 is 1.27 bits per heavy atom. The van der Waals surface area contributed by atoms with Crippen molar-refractivity contribution in [2.24, 2.45) is 10.2 Å². The number of carboxylic acid groups (broad SMARTS) is 2. The van der Waals surface area contributed by atoms with Crippen molar-refractivity contribution < 1.29 is 19.8 Å². The number of carbonyl (C=O) groups is 2. The summed E-state index contributed by atoms with van der Waals surface area (Å²) in [6.07, 6.45) is 0. The summed E-state index contributed by atoms with van der Waals surface area (Å²) >= 11 is 0. The van der Waals surface area contributed by atoms with Crippen LogP contribution >= 0.6 is 0 Å². The third-order valence-electron chi connectivity index (χ3n) is 1.15. The van der Waals surface area contributed by atoms with Crippen molar-refractivity contribution in [2.45, 2.75) is 0 Å². The zero-order chi connectivity index (χ0) is 8.43. The van der Waals surface area contributed by atoms with Gasteiger partial charge in [-0.15, -0.1) is 5.11 Å². The van der Waals surface area contributed by atoms with Crippen LogP contribution in [0.25, 0.3) is 0 Å². The van der Waals surface area contributed by atoms with Gasteiger partial charge in [-0.05, 0) is 0 Å². The van der Waals surface area contributed by atoms with Gasteiger partial charge < -0.3 is 10.2 Å². The molecule has 0 unspecified atom stereocenters. The second-order valence-electron chi connectivity index (χ2n) is 1.84. The summed E-state index contributed by atoms with van der Waals surface area (Å²) in [7, 11) is 0. The first-order valence-electron chi connectivity index (χ1n) is 2.70. The van der Waals surface area contributed by atoms with Gasteiger partial charge in [-0.2, -0.15) is 5.11 Å². The van der Waals surface area contributed by atoms with E-state index < -0.39 is 17.6 Å². The molecule has 0 aromatic rings. The first kappa shape index (κ1) is 7.39. The molecule has 0 spiro atoms. The molecule has 1 heterocycles. The van der Waals surface area contributed by atoms with E-state index in [4.69, 9.17) is 10.2 Å². The Morgan fingerprint density at radius 3 is 2.27 bits per heavy atom. The van der Waals surface area contributed by atoms with Gasteiger partial charge in [-0.1, -0.05) is 0 Å². The average molecular weight is 156 g/mol. The topological polar surface area (TPSA) is 99.3 Å². The van der Waals surface area contributed by atoms with E-state index in [1.54, 1.807) is 0 Å². The Morgan fingerprint density at radius 2 is 1.91 bits per heavy atom. The van der Waals surface area contributed by atoms with Crippen LogP contribution in [0.5, 0.6) is 0 Å². The summed E-state index contributed by atoms with van der Waals surface area (Å²) in [6, 6.07) is 0. The molecule has 0 radical (unpaired) electrons. The van der Waals surface area contributed by atoms with Crippen molar-refractivity contribution >= 4 is 11.9 Å². The molecule has 0 bridgehead atoms. The molecule has 58 valence electrons. The SMILES string of the molecule is O=C(O)C1=C(C(=O)O)N=NC1. The van der Waals surface area contributed by atoms with Crippen LogP contribution in [0.15, 0.2) is 21.5 Å². The average Bonchev–Trinajstić information content (AvgIpc) is 2.32. The van der Waals surface area contributed by atoms with E-state index in [2.05, 4.69) is 10.2 Å². The second-order valence-corrected chi connectivity index (χ2v) is 1.84. The molecule has 0 fully saturated rings. The molecule has 1 aliphatic rings. The highest BCUT2D eigenvalue weighted by molar-refractivity contribution is 5.99. The van der Waals surface area contributed by atoms with Crippen LogP contribution in [0.3, 0.4) is 0 Å². The Balaban J connectivity index is 3.02. The molecule has 1 rings (SSSR count). The van der Waals surface area contributed by atoms with Crippen LogP contribution in [0.4, 0.5) is 0 Å². The first-order chi connectivity index (χ1) is 5.13. The molecular weight excluding hydrogens is 152 g/mol. The highest BCUT2D eigenvalue weighted by Crippen LogP contribution is 2.14. The van der Waals surface area contributed by atoms with Crippen molar-refractivity contribution in [1.29, 1.82) is 0 Å². The molecule has 2 N–H and O–H groups in total. The van der Waals surface area contributed by atoms with Crippen LogP contribution in [0.1, 0.15) is 0 Å². The number of azo groups is 1. The zero-order valence-corrected chi connectivity index (χ0v) is 5.31. The van der Waals surface area contributed by atoms with Gasteiger partial charge >= 0.3 is 11.9 Å².